The van der Waals surface area contributed by atoms with E-state index in [4.69, 9.17) is 4.42 Å². The second-order valence-electron chi connectivity index (χ2n) is 4.97. The molecule has 0 saturated heterocycles. The molecule has 18 heavy (non-hydrogen) atoms. The lowest BCUT2D eigenvalue weighted by Crippen LogP contribution is -2.31. The largest absolute Gasteiger partial charge is 0.463 e. The molecule has 1 aliphatic carbocycles. The molecular formula is C14H21NO3. The van der Waals surface area contributed by atoms with Crippen molar-refractivity contribution in [3.05, 3.63) is 23.7 Å². The zero-order valence-corrected chi connectivity index (χ0v) is 11.3. The zero-order chi connectivity index (χ0) is 13.1. The number of nitrogens with zero attached hydrogens (tertiary/aromatic N) is 1. The molecular weight excluding hydrogens is 230 g/mol. The highest BCUT2D eigenvalue weighted by molar-refractivity contribution is 5.86. The van der Waals surface area contributed by atoms with Crippen LogP contribution in [0.15, 0.2) is 16.5 Å². The predicted molar refractivity (Wildman–Crippen MR) is 68.5 cm³/mol. The molecule has 0 radical (unpaired) electrons. The Morgan fingerprint density at radius 2 is 2.11 bits per heavy atom. The summed E-state index contributed by atoms with van der Waals surface area (Å²) in [4.78, 5) is 13.7. The summed E-state index contributed by atoms with van der Waals surface area (Å²) in [6.45, 7) is 2.11. The molecule has 100 valence electrons. The summed E-state index contributed by atoms with van der Waals surface area (Å²) < 4.78 is 10.2. The molecule has 1 aromatic rings. The molecule has 1 saturated carbocycles. The Balaban J connectivity index is 2.05. The fourth-order valence-corrected chi connectivity index (χ4v) is 2.62. The van der Waals surface area contributed by atoms with Crippen LogP contribution in [0, 0.1) is 0 Å². The molecule has 1 unspecified atom stereocenters. The van der Waals surface area contributed by atoms with Gasteiger partial charge in [-0.1, -0.05) is 12.8 Å². The third kappa shape index (κ3) is 2.58. The number of furan rings is 1. The Labute approximate surface area is 108 Å². The van der Waals surface area contributed by atoms with Crippen molar-refractivity contribution < 1.29 is 13.9 Å². The van der Waals surface area contributed by atoms with Crippen molar-refractivity contribution in [2.75, 3.05) is 14.2 Å². The van der Waals surface area contributed by atoms with E-state index < -0.39 is 5.97 Å². The van der Waals surface area contributed by atoms with E-state index in [2.05, 4.69) is 23.6 Å². The molecule has 0 aromatic carbocycles. The molecule has 0 bridgehead atoms. The number of rotatable bonds is 4. The number of hydrogen-bond acceptors (Lipinski definition) is 4. The van der Waals surface area contributed by atoms with Gasteiger partial charge in [-0.2, -0.15) is 0 Å². The van der Waals surface area contributed by atoms with Gasteiger partial charge in [0.25, 0.3) is 0 Å². The average Bonchev–Trinajstić information content (AvgIpc) is 3.06. The quantitative estimate of drug-likeness (QED) is 0.771. The van der Waals surface area contributed by atoms with Crippen LogP contribution >= 0.6 is 0 Å². The van der Waals surface area contributed by atoms with Crippen molar-refractivity contribution in [1.29, 1.82) is 0 Å². The highest BCUT2D eigenvalue weighted by atomic mass is 16.5. The van der Waals surface area contributed by atoms with Gasteiger partial charge in [0.1, 0.15) is 5.76 Å². The van der Waals surface area contributed by atoms with Gasteiger partial charge in [0, 0.05) is 6.04 Å². The fraction of sp³-hybridized carbons (Fsp3) is 0.643. The van der Waals surface area contributed by atoms with E-state index in [1.807, 2.05) is 6.07 Å². The molecule has 1 atom stereocenters. The molecule has 0 aliphatic heterocycles. The molecule has 0 spiro atoms. The van der Waals surface area contributed by atoms with E-state index in [1.165, 1.54) is 32.8 Å². The van der Waals surface area contributed by atoms with Crippen molar-refractivity contribution in [3.63, 3.8) is 0 Å². The first-order valence-electron chi connectivity index (χ1n) is 6.53. The molecule has 2 rings (SSSR count). The van der Waals surface area contributed by atoms with Gasteiger partial charge in [-0.15, -0.1) is 0 Å². The number of ether oxygens (including phenoxy) is 1. The maximum absolute atomic E-state index is 11.3. The van der Waals surface area contributed by atoms with E-state index in [-0.39, 0.29) is 11.8 Å². The van der Waals surface area contributed by atoms with Crippen LogP contribution in [-0.4, -0.2) is 31.1 Å². The second-order valence-corrected chi connectivity index (χ2v) is 4.97. The van der Waals surface area contributed by atoms with Crippen LogP contribution in [0.5, 0.6) is 0 Å². The summed E-state index contributed by atoms with van der Waals surface area (Å²) >= 11 is 0. The van der Waals surface area contributed by atoms with Crippen molar-refractivity contribution in [2.24, 2.45) is 0 Å². The molecule has 1 aliphatic rings. The van der Waals surface area contributed by atoms with Gasteiger partial charge in [-0.3, -0.25) is 4.90 Å². The molecule has 1 fully saturated rings. The van der Waals surface area contributed by atoms with E-state index >= 15 is 0 Å². The molecule has 0 N–H and O–H groups in total. The lowest BCUT2D eigenvalue weighted by atomic mass is 10.1. The predicted octanol–water partition coefficient (Wildman–Crippen LogP) is 3.00. The van der Waals surface area contributed by atoms with Crippen molar-refractivity contribution in [2.45, 2.75) is 44.7 Å². The first-order chi connectivity index (χ1) is 8.63. The average molecular weight is 251 g/mol. The maximum atomic E-state index is 11.3. The molecule has 1 aromatic heterocycles. The van der Waals surface area contributed by atoms with Crippen molar-refractivity contribution in [1.82, 2.24) is 4.90 Å². The topological polar surface area (TPSA) is 42.7 Å². The van der Waals surface area contributed by atoms with Crippen LogP contribution in [0.1, 0.15) is 55.0 Å². The number of carbonyl (C=O) groups excluding carboxylic acids is 1. The Kier molecular flexibility index (Phi) is 4.07. The minimum Gasteiger partial charge on any atom is -0.463 e. The minimum atomic E-state index is -0.419. The van der Waals surface area contributed by atoms with Gasteiger partial charge in [-0.05, 0) is 38.9 Å². The highest BCUT2D eigenvalue weighted by Crippen LogP contribution is 2.30. The molecule has 4 nitrogen and oxygen atoms in total. The Morgan fingerprint density at radius 3 is 2.72 bits per heavy atom. The Hall–Kier alpha value is -1.29. The van der Waals surface area contributed by atoms with Gasteiger partial charge in [0.05, 0.1) is 13.2 Å². The number of hydrogen-bond donors (Lipinski definition) is 0. The first kappa shape index (κ1) is 13.1. The van der Waals surface area contributed by atoms with Gasteiger partial charge in [0.2, 0.25) is 5.76 Å². The molecule has 0 amide bonds. The minimum absolute atomic E-state index is 0.187. The van der Waals surface area contributed by atoms with Crippen molar-refractivity contribution in [3.8, 4) is 0 Å². The van der Waals surface area contributed by atoms with Crippen LogP contribution in [0.25, 0.3) is 0 Å². The summed E-state index contributed by atoms with van der Waals surface area (Å²) in [6, 6.07) is 4.36. The smallest absolute Gasteiger partial charge is 0.373 e. The maximum Gasteiger partial charge on any atom is 0.373 e. The Bertz CT molecular complexity index is 407. The standard InChI is InChI=1S/C14H21NO3/c1-10(15(2)11-6-4-5-7-11)12-8-9-13(18-12)14(16)17-3/h8-11H,4-7H2,1-3H3. The third-order valence-electron chi connectivity index (χ3n) is 3.94. The van der Waals surface area contributed by atoms with Gasteiger partial charge in [-0.25, -0.2) is 4.79 Å². The SMILES string of the molecule is COC(=O)c1ccc(C(C)N(C)C2CCCC2)o1. The normalized spacial score (nSPS) is 18.2. The van der Waals surface area contributed by atoms with Crippen LogP contribution in [0.2, 0.25) is 0 Å². The summed E-state index contributed by atoms with van der Waals surface area (Å²) in [5.41, 5.74) is 0. The second kappa shape index (κ2) is 5.57. The third-order valence-corrected chi connectivity index (χ3v) is 3.94. The highest BCUT2D eigenvalue weighted by Gasteiger charge is 2.26. The van der Waals surface area contributed by atoms with E-state index in [0.29, 0.717) is 6.04 Å². The monoisotopic (exact) mass is 251 g/mol. The van der Waals surface area contributed by atoms with Crippen LogP contribution in [-0.2, 0) is 4.74 Å². The lowest BCUT2D eigenvalue weighted by molar-refractivity contribution is 0.0558. The number of methoxy groups -OCH3 is 1. The number of esters is 1. The lowest BCUT2D eigenvalue weighted by Gasteiger charge is -2.29. The Morgan fingerprint density at radius 1 is 1.44 bits per heavy atom. The van der Waals surface area contributed by atoms with E-state index in [0.717, 1.165) is 5.76 Å². The number of carbonyl (C=O) groups is 1. The summed E-state index contributed by atoms with van der Waals surface area (Å²) in [7, 11) is 3.49. The summed E-state index contributed by atoms with van der Waals surface area (Å²) in [5.74, 6) is 0.681. The van der Waals surface area contributed by atoms with Crippen LogP contribution < -0.4 is 0 Å². The summed E-state index contributed by atoms with van der Waals surface area (Å²) in [6.07, 6.45) is 5.14. The zero-order valence-electron chi connectivity index (χ0n) is 11.3. The molecule has 1 heterocycles. The molecule has 4 heteroatoms. The van der Waals surface area contributed by atoms with Crippen molar-refractivity contribution >= 4 is 5.97 Å². The van der Waals surface area contributed by atoms with Gasteiger partial charge >= 0.3 is 5.97 Å². The first-order valence-corrected chi connectivity index (χ1v) is 6.53. The van der Waals surface area contributed by atoms with Crippen LogP contribution in [0.3, 0.4) is 0 Å². The van der Waals surface area contributed by atoms with Gasteiger partial charge in [0.15, 0.2) is 0 Å². The summed E-state index contributed by atoms with van der Waals surface area (Å²) in [5, 5.41) is 0. The van der Waals surface area contributed by atoms with E-state index in [1.54, 1.807) is 6.07 Å². The fourth-order valence-electron chi connectivity index (χ4n) is 2.62. The van der Waals surface area contributed by atoms with Gasteiger partial charge < -0.3 is 9.15 Å². The van der Waals surface area contributed by atoms with Crippen LogP contribution in [0.4, 0.5) is 0 Å². The van der Waals surface area contributed by atoms with E-state index in [9.17, 15) is 4.79 Å².